The first-order valence-electron chi connectivity index (χ1n) is 13.8. The van der Waals surface area contributed by atoms with Gasteiger partial charge in [0.05, 0.1) is 50.5 Å². The first-order chi connectivity index (χ1) is 22.1. The third kappa shape index (κ3) is 29.6. The second-order valence-corrected chi connectivity index (χ2v) is 10.4. The van der Waals surface area contributed by atoms with Crippen molar-refractivity contribution in [1.82, 2.24) is 0 Å². The molecule has 20 nitrogen and oxygen atoms in total. The molecule has 2 atom stereocenters. The van der Waals surface area contributed by atoms with Crippen LogP contribution in [0.2, 0.25) is 0 Å². The molecule has 0 aliphatic rings. The molecule has 21 heteroatoms. The van der Waals surface area contributed by atoms with E-state index in [0.29, 0.717) is 0 Å². The maximum atomic E-state index is 11.0. The van der Waals surface area contributed by atoms with Crippen molar-refractivity contribution in [2.75, 3.05) is 52.9 Å². The van der Waals surface area contributed by atoms with Crippen molar-refractivity contribution in [1.29, 1.82) is 0 Å². The van der Waals surface area contributed by atoms with Gasteiger partial charge in [0, 0.05) is 24.0 Å². The molecule has 0 bridgehead atoms. The van der Waals surface area contributed by atoms with Gasteiger partial charge >= 0.3 is 65.4 Å². The van der Waals surface area contributed by atoms with Crippen molar-refractivity contribution in [2.45, 2.75) is 51.6 Å². The Morgan fingerprint density at radius 2 is 0.816 bits per heavy atom. The second-order valence-electron chi connectivity index (χ2n) is 10.4. The van der Waals surface area contributed by atoms with Crippen molar-refractivity contribution >= 4 is 35.8 Å². The summed E-state index contributed by atoms with van der Waals surface area (Å²) >= 11 is 0. The van der Waals surface area contributed by atoms with Gasteiger partial charge in [-0.3, -0.25) is 19.2 Å². The van der Waals surface area contributed by atoms with Crippen LogP contribution in [0.15, 0.2) is 24.3 Å². The molecule has 0 aromatic heterocycles. The van der Waals surface area contributed by atoms with Crippen molar-refractivity contribution in [3.63, 3.8) is 0 Å². The number of hydrogen-bond donors (Lipinski definition) is 12. The fourth-order valence-electron chi connectivity index (χ4n) is 2.06. The Morgan fingerprint density at radius 1 is 0.592 bits per heavy atom. The average Bonchev–Trinajstić information content (AvgIpc) is 3.04. The van der Waals surface area contributed by atoms with Crippen LogP contribution in [0.3, 0.4) is 0 Å². The van der Waals surface area contributed by atoms with Crippen LogP contribution in [0.25, 0.3) is 0 Å². The van der Waals surface area contributed by atoms with Crippen LogP contribution in [0.1, 0.15) is 41.0 Å². The van der Waals surface area contributed by atoms with E-state index in [2.05, 4.69) is 13.2 Å². The molecule has 0 radical (unpaired) electrons. The number of aliphatic carboxylic acids is 4. The Labute approximate surface area is 306 Å². The first-order valence-corrected chi connectivity index (χ1v) is 13.8. The zero-order valence-electron chi connectivity index (χ0n) is 28.9. The summed E-state index contributed by atoms with van der Waals surface area (Å²) in [4.78, 5) is 61.7. The molecule has 0 saturated heterocycles. The Balaban J connectivity index is -0.000000129. The average molecular weight is 727 g/mol. The van der Waals surface area contributed by atoms with Crippen LogP contribution in [0, 0.1) is 10.8 Å². The summed E-state index contributed by atoms with van der Waals surface area (Å²) in [7, 11) is 0. The minimum absolute atomic E-state index is 0. The predicted molar refractivity (Wildman–Crippen MR) is 165 cm³/mol. The topological polar surface area (TPSA) is 375 Å². The van der Waals surface area contributed by atoms with Gasteiger partial charge in [0.1, 0.15) is 25.3 Å². The minimum Gasteiger partial charge on any atom is -1.00 e. The number of carbonyl (C=O) groups excluding carboxylic acids is 2. The van der Waals surface area contributed by atoms with E-state index >= 15 is 0 Å². The van der Waals surface area contributed by atoms with E-state index in [9.17, 15) is 28.8 Å². The molecule has 0 unspecified atom stereocenters. The largest absolute Gasteiger partial charge is 1.00 e. The number of carboxylic acids is 4. The quantitative estimate of drug-likeness (QED) is 0.0315. The molecule has 0 aliphatic heterocycles. The summed E-state index contributed by atoms with van der Waals surface area (Å²) in [6.07, 6.45) is -0.448. The standard InChI is InChI=1S/2C9H16O5.2C5H9NO4.Na.H/c2*1-7(2)8(13)14-6-9(3-10,4-11)5-12;2*6-3(5(9)10)1-2-4(7)8;;/h2*10-12H,1,3-6H2,2H3;2*3H,1-2,6H2,(H,7,8)(H,9,10);;/q;;;;+1;-1/t;;2*3-;;/m..00../s1. The van der Waals surface area contributed by atoms with Crippen molar-refractivity contribution in [3.8, 4) is 0 Å². The Kier molecular flexibility index (Phi) is 35.0. The summed E-state index contributed by atoms with van der Waals surface area (Å²) in [5, 5.41) is 85.9. The SMILES string of the molecule is C=C(C)C(=O)OCC(CO)(CO)CO.C=C(C)C(=O)OCC(CO)(CO)CO.N[C@@H](CCC(=O)O)C(=O)O.N[C@@H](CCC(=O)O)C(=O)O.[H-].[Na+]. The monoisotopic (exact) mass is 726 g/mol. The molecule has 0 aromatic carbocycles. The molecule has 0 rings (SSSR count). The van der Waals surface area contributed by atoms with Crippen molar-refractivity contribution in [3.05, 3.63) is 24.3 Å². The summed E-state index contributed by atoms with van der Waals surface area (Å²) in [5.41, 5.74) is 8.11. The third-order valence-electron chi connectivity index (χ3n) is 5.70. The van der Waals surface area contributed by atoms with Crippen molar-refractivity contribution < 1.29 is 120 Å². The predicted octanol–water partition coefficient (Wildman–Crippen LogP) is -6.22. The number of carboxylic acid groups (broad SMARTS) is 4. The van der Waals surface area contributed by atoms with Gasteiger partial charge in [0.2, 0.25) is 0 Å². The van der Waals surface area contributed by atoms with Gasteiger partial charge in [-0.1, -0.05) is 13.2 Å². The second kappa shape index (κ2) is 31.0. The van der Waals surface area contributed by atoms with Crippen LogP contribution >= 0.6 is 0 Å². The fraction of sp³-hybridized carbons (Fsp3) is 0.643. The molecule has 282 valence electrons. The van der Waals surface area contributed by atoms with E-state index in [0.717, 1.165) is 0 Å². The number of aliphatic hydroxyl groups is 6. The summed E-state index contributed by atoms with van der Waals surface area (Å²) in [5.74, 6) is -5.61. The number of rotatable bonds is 20. The molecule has 0 aliphatic carbocycles. The van der Waals surface area contributed by atoms with Crippen LogP contribution < -0.4 is 41.0 Å². The van der Waals surface area contributed by atoms with Gasteiger partial charge in [-0.2, -0.15) is 0 Å². The number of carbonyl (C=O) groups is 6. The van der Waals surface area contributed by atoms with Gasteiger partial charge < -0.3 is 73.4 Å². The van der Waals surface area contributed by atoms with E-state index in [1.165, 1.54) is 13.8 Å². The number of esters is 2. The summed E-state index contributed by atoms with van der Waals surface area (Å²) in [6, 6.07) is -2.12. The maximum Gasteiger partial charge on any atom is 1.00 e. The van der Waals surface area contributed by atoms with Crippen LogP contribution in [-0.2, 0) is 38.2 Å². The Bertz CT molecular complexity index is 942. The molecular weight excluding hydrogens is 675 g/mol. The van der Waals surface area contributed by atoms with Crippen LogP contribution in [-0.4, -0.2) is 152 Å². The number of aliphatic hydroxyl groups excluding tert-OH is 6. The summed E-state index contributed by atoms with van der Waals surface area (Å²) < 4.78 is 9.45. The molecule has 0 aromatic rings. The van der Waals surface area contributed by atoms with E-state index in [1.807, 2.05) is 0 Å². The molecule has 0 spiro atoms. The van der Waals surface area contributed by atoms with Gasteiger partial charge in [-0.25, -0.2) is 9.59 Å². The Hall–Kier alpha value is -3.02. The zero-order chi connectivity index (χ0) is 38.7. The van der Waals surface area contributed by atoms with E-state index in [1.54, 1.807) is 0 Å². The fourth-order valence-corrected chi connectivity index (χ4v) is 2.06. The molecule has 0 saturated carbocycles. The molecule has 0 heterocycles. The minimum atomic E-state index is -1.18. The number of ether oxygens (including phenoxy) is 2. The van der Waals surface area contributed by atoms with E-state index in [4.69, 9.17) is 72.0 Å². The first kappa shape index (κ1) is 55.4. The molecule has 0 amide bonds. The van der Waals surface area contributed by atoms with Crippen molar-refractivity contribution in [2.24, 2.45) is 22.3 Å². The Morgan fingerprint density at radius 3 is 0.959 bits per heavy atom. The van der Waals surface area contributed by atoms with Gasteiger partial charge in [0.25, 0.3) is 0 Å². The van der Waals surface area contributed by atoms with Crippen LogP contribution in [0.5, 0.6) is 0 Å². The van der Waals surface area contributed by atoms with Gasteiger partial charge in [-0.15, -0.1) is 0 Å². The maximum absolute atomic E-state index is 11.0. The molecular formula is C28H51N2NaO18. The van der Waals surface area contributed by atoms with Gasteiger partial charge in [0.15, 0.2) is 0 Å². The van der Waals surface area contributed by atoms with Gasteiger partial charge in [-0.05, 0) is 26.7 Å². The number of nitrogens with two attached hydrogens (primary N) is 2. The normalized spacial score (nSPS) is 11.5. The van der Waals surface area contributed by atoms with Crippen LogP contribution in [0.4, 0.5) is 0 Å². The smallest absolute Gasteiger partial charge is 1.00 e. The van der Waals surface area contributed by atoms with E-state index in [-0.39, 0.29) is 81.0 Å². The van der Waals surface area contributed by atoms with E-state index < -0.39 is 98.4 Å². The zero-order valence-corrected chi connectivity index (χ0v) is 29.9. The molecule has 49 heavy (non-hydrogen) atoms. The molecule has 0 fully saturated rings. The number of hydrogen-bond acceptors (Lipinski definition) is 16. The third-order valence-corrected chi connectivity index (χ3v) is 5.70. The molecule has 14 N–H and O–H groups in total. The summed E-state index contributed by atoms with van der Waals surface area (Å²) in [6.45, 7) is 6.52.